The molecule has 1 aliphatic rings. The molecule has 0 bridgehead atoms. The van der Waals surface area contributed by atoms with Crippen LogP contribution in [0, 0.1) is 6.92 Å². The molecule has 1 aromatic carbocycles. The van der Waals surface area contributed by atoms with Gasteiger partial charge in [0.25, 0.3) is 5.56 Å². The van der Waals surface area contributed by atoms with Crippen LogP contribution >= 0.6 is 0 Å². The number of aryl methyl sites for hydroxylation is 1. The van der Waals surface area contributed by atoms with Crippen LogP contribution in [0.3, 0.4) is 0 Å². The predicted octanol–water partition coefficient (Wildman–Crippen LogP) is 3.01. The number of nitrogens with zero attached hydrogens (tertiary/aromatic N) is 2. The SMILES string of the molecule is CCOC(=O)Cn1c(C)cc(O)c(C(c2ccc(OC)cc2)N2CCCCC2)c1=O. The van der Waals surface area contributed by atoms with Crippen LogP contribution in [0.5, 0.6) is 11.5 Å². The zero-order chi connectivity index (χ0) is 21.7. The number of esters is 1. The Morgan fingerprint density at radius 1 is 1.17 bits per heavy atom. The van der Waals surface area contributed by atoms with E-state index in [-0.39, 0.29) is 30.0 Å². The van der Waals surface area contributed by atoms with E-state index in [4.69, 9.17) is 9.47 Å². The van der Waals surface area contributed by atoms with Gasteiger partial charge in [-0.2, -0.15) is 0 Å². The smallest absolute Gasteiger partial charge is 0.326 e. The van der Waals surface area contributed by atoms with Gasteiger partial charge in [-0.3, -0.25) is 14.5 Å². The van der Waals surface area contributed by atoms with Crippen LogP contribution in [0.15, 0.2) is 35.1 Å². The van der Waals surface area contributed by atoms with E-state index in [9.17, 15) is 14.7 Å². The number of carbonyl (C=O) groups excluding carboxylic acids is 1. The minimum Gasteiger partial charge on any atom is -0.507 e. The van der Waals surface area contributed by atoms with E-state index in [0.29, 0.717) is 5.69 Å². The van der Waals surface area contributed by atoms with Gasteiger partial charge in [0.05, 0.1) is 25.3 Å². The molecule has 7 heteroatoms. The Kier molecular flexibility index (Phi) is 7.15. The highest BCUT2D eigenvalue weighted by Gasteiger charge is 2.30. The molecule has 1 aliphatic heterocycles. The van der Waals surface area contributed by atoms with E-state index in [1.54, 1.807) is 27.0 Å². The minimum absolute atomic E-state index is 0.0519. The number of hydrogen-bond donors (Lipinski definition) is 1. The maximum Gasteiger partial charge on any atom is 0.326 e. The van der Waals surface area contributed by atoms with Crippen molar-refractivity contribution in [1.82, 2.24) is 9.47 Å². The monoisotopic (exact) mass is 414 g/mol. The zero-order valence-corrected chi connectivity index (χ0v) is 17.9. The highest BCUT2D eigenvalue weighted by atomic mass is 16.5. The number of ether oxygens (including phenoxy) is 2. The van der Waals surface area contributed by atoms with Crippen LogP contribution in [0.2, 0.25) is 0 Å². The average Bonchev–Trinajstić information content (AvgIpc) is 2.75. The lowest BCUT2D eigenvalue weighted by Gasteiger charge is -2.35. The molecular formula is C23H30N2O5. The molecule has 3 rings (SSSR count). The molecule has 0 aliphatic carbocycles. The maximum atomic E-state index is 13.5. The summed E-state index contributed by atoms with van der Waals surface area (Å²) in [6.45, 7) is 5.17. The van der Waals surface area contributed by atoms with E-state index in [0.717, 1.165) is 43.7 Å². The second-order valence-corrected chi connectivity index (χ2v) is 7.55. The lowest BCUT2D eigenvalue weighted by Crippen LogP contribution is -2.39. The summed E-state index contributed by atoms with van der Waals surface area (Å²) in [6, 6.07) is 8.71. The van der Waals surface area contributed by atoms with Crippen LogP contribution in [0.25, 0.3) is 0 Å². The number of aromatic hydroxyl groups is 1. The van der Waals surface area contributed by atoms with Crippen molar-refractivity contribution in [2.45, 2.75) is 45.7 Å². The minimum atomic E-state index is -0.474. The first-order valence-corrected chi connectivity index (χ1v) is 10.4. The molecule has 7 nitrogen and oxygen atoms in total. The molecule has 2 aromatic rings. The number of hydrogen-bond acceptors (Lipinski definition) is 6. The van der Waals surface area contributed by atoms with Crippen molar-refractivity contribution in [3.05, 3.63) is 57.5 Å². The van der Waals surface area contributed by atoms with Gasteiger partial charge in [0.1, 0.15) is 18.0 Å². The van der Waals surface area contributed by atoms with Gasteiger partial charge < -0.3 is 19.1 Å². The molecule has 1 fully saturated rings. The van der Waals surface area contributed by atoms with Gasteiger partial charge in [0.15, 0.2) is 0 Å². The number of rotatable bonds is 7. The van der Waals surface area contributed by atoms with Crippen molar-refractivity contribution in [3.8, 4) is 11.5 Å². The van der Waals surface area contributed by atoms with Gasteiger partial charge in [-0.15, -0.1) is 0 Å². The number of benzene rings is 1. The maximum absolute atomic E-state index is 13.5. The predicted molar refractivity (Wildman–Crippen MR) is 114 cm³/mol. The van der Waals surface area contributed by atoms with Gasteiger partial charge in [-0.05, 0) is 63.5 Å². The Labute approximate surface area is 176 Å². The summed E-state index contributed by atoms with van der Waals surface area (Å²) < 4.78 is 11.7. The van der Waals surface area contributed by atoms with E-state index < -0.39 is 12.0 Å². The third-order valence-corrected chi connectivity index (χ3v) is 5.58. The largest absolute Gasteiger partial charge is 0.507 e. The molecule has 1 saturated heterocycles. The molecule has 0 saturated carbocycles. The third kappa shape index (κ3) is 4.67. The van der Waals surface area contributed by atoms with Crippen molar-refractivity contribution in [2.24, 2.45) is 0 Å². The number of methoxy groups -OCH3 is 1. The van der Waals surface area contributed by atoms with Crippen LogP contribution in [0.4, 0.5) is 0 Å². The molecule has 1 aromatic heterocycles. The van der Waals surface area contributed by atoms with Crippen molar-refractivity contribution in [3.63, 3.8) is 0 Å². The normalized spacial score (nSPS) is 15.6. The van der Waals surface area contributed by atoms with E-state index >= 15 is 0 Å². The van der Waals surface area contributed by atoms with Gasteiger partial charge in [0.2, 0.25) is 0 Å². The topological polar surface area (TPSA) is 81.0 Å². The molecule has 0 radical (unpaired) electrons. The summed E-state index contributed by atoms with van der Waals surface area (Å²) in [5, 5.41) is 10.8. The fraction of sp³-hybridized carbons (Fsp3) is 0.478. The van der Waals surface area contributed by atoms with Gasteiger partial charge in [0, 0.05) is 5.69 Å². The lowest BCUT2D eigenvalue weighted by molar-refractivity contribution is -0.143. The lowest BCUT2D eigenvalue weighted by atomic mass is 9.94. The molecule has 1 unspecified atom stereocenters. The van der Waals surface area contributed by atoms with E-state index in [2.05, 4.69) is 4.90 Å². The van der Waals surface area contributed by atoms with Crippen molar-refractivity contribution >= 4 is 5.97 Å². The van der Waals surface area contributed by atoms with Gasteiger partial charge in [-0.25, -0.2) is 0 Å². The third-order valence-electron chi connectivity index (χ3n) is 5.58. The fourth-order valence-electron chi connectivity index (χ4n) is 4.08. The molecule has 30 heavy (non-hydrogen) atoms. The highest BCUT2D eigenvalue weighted by molar-refractivity contribution is 5.69. The van der Waals surface area contributed by atoms with Gasteiger partial charge >= 0.3 is 5.97 Å². The first kappa shape index (κ1) is 21.9. The van der Waals surface area contributed by atoms with Crippen molar-refractivity contribution in [2.75, 3.05) is 26.8 Å². The molecule has 1 N–H and O–H groups in total. The fourth-order valence-corrected chi connectivity index (χ4v) is 4.08. The Morgan fingerprint density at radius 2 is 1.83 bits per heavy atom. The summed E-state index contributed by atoms with van der Waals surface area (Å²) in [4.78, 5) is 27.8. The molecular weight excluding hydrogens is 384 g/mol. The Morgan fingerprint density at radius 3 is 2.43 bits per heavy atom. The zero-order valence-electron chi connectivity index (χ0n) is 17.9. The Bertz CT molecular complexity index is 930. The van der Waals surface area contributed by atoms with Crippen LogP contribution in [0.1, 0.15) is 49.0 Å². The van der Waals surface area contributed by atoms with Crippen LogP contribution in [-0.2, 0) is 16.1 Å². The Balaban J connectivity index is 2.11. The first-order valence-electron chi connectivity index (χ1n) is 10.4. The van der Waals surface area contributed by atoms with Crippen LogP contribution in [-0.4, -0.2) is 47.3 Å². The van der Waals surface area contributed by atoms with Gasteiger partial charge in [-0.1, -0.05) is 18.6 Å². The second-order valence-electron chi connectivity index (χ2n) is 7.55. The van der Waals surface area contributed by atoms with Crippen molar-refractivity contribution < 1.29 is 19.4 Å². The summed E-state index contributed by atoms with van der Waals surface area (Å²) in [6.07, 6.45) is 3.23. The highest BCUT2D eigenvalue weighted by Crippen LogP contribution is 2.35. The summed E-state index contributed by atoms with van der Waals surface area (Å²) in [5.41, 5.74) is 1.34. The summed E-state index contributed by atoms with van der Waals surface area (Å²) >= 11 is 0. The van der Waals surface area contributed by atoms with E-state index in [1.165, 1.54) is 4.57 Å². The molecule has 162 valence electrons. The number of piperidine rings is 1. The number of carbonyl (C=O) groups is 1. The number of pyridine rings is 1. The van der Waals surface area contributed by atoms with Crippen LogP contribution < -0.4 is 10.3 Å². The summed E-state index contributed by atoms with van der Waals surface area (Å²) in [7, 11) is 1.61. The second kappa shape index (κ2) is 9.80. The van der Waals surface area contributed by atoms with E-state index in [1.807, 2.05) is 24.3 Å². The molecule has 2 heterocycles. The molecule has 1 atom stereocenters. The number of likely N-dealkylation sites (tertiary alicyclic amines) is 1. The summed E-state index contributed by atoms with van der Waals surface area (Å²) in [5.74, 6) is 0.200. The standard InChI is InChI=1S/C23H30N2O5/c1-4-30-20(27)15-25-16(2)14-19(26)21(23(25)28)22(24-12-6-5-7-13-24)17-8-10-18(29-3)11-9-17/h8-11,14,22,26H,4-7,12-13,15H2,1-3H3. The molecule has 0 amide bonds. The Hall–Kier alpha value is -2.80. The average molecular weight is 415 g/mol. The quantitative estimate of drug-likeness (QED) is 0.702. The molecule has 0 spiro atoms. The first-order chi connectivity index (χ1) is 14.5. The van der Waals surface area contributed by atoms with Crippen molar-refractivity contribution in [1.29, 1.82) is 0 Å². The number of aromatic nitrogens is 1.